The number of fused-ring (bicyclic) bond motifs is 3. The minimum Gasteiger partial charge on any atom is -0.306 e. The van der Waals surface area contributed by atoms with Gasteiger partial charge in [0.25, 0.3) is 10.0 Å². The maximum atomic E-state index is 13.5. The average Bonchev–Trinajstić information content (AvgIpc) is 2.91. The molecule has 0 aromatic heterocycles. The van der Waals surface area contributed by atoms with E-state index < -0.39 is 15.8 Å². The van der Waals surface area contributed by atoms with E-state index in [4.69, 9.17) is 11.6 Å². The fourth-order valence-corrected chi connectivity index (χ4v) is 6.11. The average molecular weight is 395 g/mol. The first-order valence-corrected chi connectivity index (χ1v) is 10.4. The van der Waals surface area contributed by atoms with E-state index in [1.165, 1.54) is 16.4 Å². The van der Waals surface area contributed by atoms with Crippen LogP contribution in [0.15, 0.2) is 41.3 Å². The van der Waals surface area contributed by atoms with E-state index in [1.54, 1.807) is 0 Å². The normalized spacial score (nSPS) is 23.0. The number of nitrogens with zero attached hydrogens (tertiary/aromatic N) is 2. The van der Waals surface area contributed by atoms with E-state index in [0.717, 1.165) is 42.4 Å². The Bertz CT molecular complexity index is 979. The fourth-order valence-electron chi connectivity index (χ4n) is 4.10. The number of sulfonamides is 1. The molecule has 0 saturated carbocycles. The summed E-state index contributed by atoms with van der Waals surface area (Å²) in [5.74, 6) is -0.491. The standard InChI is InChI=1S/C19H20ClFN2O2S/c1-12-3-6-18-14(9-12)15-11-22(2)8-7-19(15)23(18)26(24,25)13-4-5-17(21)16(20)10-13/h3-6,9-10,15,19H,7-8,11H2,1-2H3/t15-,19-/m0/s1. The third-order valence-electron chi connectivity index (χ3n) is 5.35. The molecule has 2 aromatic rings. The molecular weight excluding hydrogens is 375 g/mol. The van der Waals surface area contributed by atoms with Crippen LogP contribution >= 0.6 is 11.6 Å². The third kappa shape index (κ3) is 2.71. The number of halogens is 2. The van der Waals surface area contributed by atoms with Gasteiger partial charge in [-0.05, 0) is 56.8 Å². The number of aryl methyl sites for hydroxylation is 1. The van der Waals surface area contributed by atoms with Gasteiger partial charge in [0.1, 0.15) is 5.82 Å². The summed E-state index contributed by atoms with van der Waals surface area (Å²) in [6, 6.07) is 9.35. The van der Waals surface area contributed by atoms with Gasteiger partial charge in [-0.15, -0.1) is 0 Å². The maximum Gasteiger partial charge on any atom is 0.264 e. The summed E-state index contributed by atoms with van der Waals surface area (Å²) in [4.78, 5) is 2.26. The van der Waals surface area contributed by atoms with E-state index in [2.05, 4.69) is 18.0 Å². The van der Waals surface area contributed by atoms with Gasteiger partial charge in [-0.1, -0.05) is 29.3 Å². The molecule has 0 N–H and O–H groups in total. The van der Waals surface area contributed by atoms with Crippen LogP contribution < -0.4 is 4.31 Å². The number of rotatable bonds is 2. The molecule has 0 aliphatic carbocycles. The van der Waals surface area contributed by atoms with Crippen molar-refractivity contribution in [2.75, 3.05) is 24.4 Å². The zero-order chi connectivity index (χ0) is 18.6. The summed E-state index contributed by atoms with van der Waals surface area (Å²) in [7, 11) is -1.77. The highest BCUT2D eigenvalue weighted by Crippen LogP contribution is 2.47. The predicted molar refractivity (Wildman–Crippen MR) is 101 cm³/mol. The number of anilines is 1. The van der Waals surface area contributed by atoms with Gasteiger partial charge in [-0.3, -0.25) is 4.31 Å². The largest absolute Gasteiger partial charge is 0.306 e. The van der Waals surface area contributed by atoms with Gasteiger partial charge in [0, 0.05) is 12.5 Å². The van der Waals surface area contributed by atoms with Crippen LogP contribution in [-0.4, -0.2) is 39.5 Å². The smallest absolute Gasteiger partial charge is 0.264 e. The number of benzene rings is 2. The van der Waals surface area contributed by atoms with Crippen molar-refractivity contribution >= 4 is 27.3 Å². The quantitative estimate of drug-likeness (QED) is 0.778. The molecule has 0 radical (unpaired) electrons. The zero-order valence-electron chi connectivity index (χ0n) is 14.6. The Hall–Kier alpha value is -1.63. The topological polar surface area (TPSA) is 40.6 Å². The second kappa shape index (κ2) is 6.22. The van der Waals surface area contributed by atoms with Crippen LogP contribution in [0.4, 0.5) is 10.1 Å². The molecule has 2 atom stereocenters. The lowest BCUT2D eigenvalue weighted by molar-refractivity contribution is 0.237. The van der Waals surface area contributed by atoms with Gasteiger partial charge in [-0.25, -0.2) is 12.8 Å². The van der Waals surface area contributed by atoms with Crippen LogP contribution in [0.2, 0.25) is 5.02 Å². The second-order valence-corrected chi connectivity index (χ2v) is 9.39. The lowest BCUT2D eigenvalue weighted by Gasteiger charge is -2.36. The van der Waals surface area contributed by atoms with Crippen LogP contribution in [0.3, 0.4) is 0 Å². The molecule has 0 unspecified atom stereocenters. The number of likely N-dealkylation sites (N-methyl/N-ethyl adjacent to an activating group) is 1. The molecule has 2 aliphatic rings. The van der Waals surface area contributed by atoms with Gasteiger partial charge in [0.2, 0.25) is 0 Å². The van der Waals surface area contributed by atoms with E-state index in [-0.39, 0.29) is 21.9 Å². The summed E-state index contributed by atoms with van der Waals surface area (Å²) in [5, 5.41) is -0.186. The van der Waals surface area contributed by atoms with Crippen molar-refractivity contribution in [1.29, 1.82) is 0 Å². The third-order valence-corrected chi connectivity index (χ3v) is 7.47. The highest BCUT2D eigenvalue weighted by atomic mass is 35.5. The molecule has 1 saturated heterocycles. The monoisotopic (exact) mass is 394 g/mol. The van der Waals surface area contributed by atoms with E-state index >= 15 is 0 Å². The van der Waals surface area contributed by atoms with Crippen LogP contribution in [0.5, 0.6) is 0 Å². The Morgan fingerprint density at radius 3 is 2.69 bits per heavy atom. The SMILES string of the molecule is Cc1ccc2c(c1)[C@@H]1CN(C)CC[C@@H]1N2S(=O)(=O)c1ccc(F)c(Cl)c1. The summed E-state index contributed by atoms with van der Waals surface area (Å²) in [6.45, 7) is 3.67. The van der Waals surface area contributed by atoms with Crippen molar-refractivity contribution in [2.24, 2.45) is 0 Å². The molecular formula is C19H20ClFN2O2S. The van der Waals surface area contributed by atoms with Gasteiger partial charge >= 0.3 is 0 Å². The molecule has 138 valence electrons. The lowest BCUT2D eigenvalue weighted by Crippen LogP contribution is -2.47. The van der Waals surface area contributed by atoms with E-state index in [0.29, 0.717) is 0 Å². The highest BCUT2D eigenvalue weighted by Gasteiger charge is 2.46. The minimum absolute atomic E-state index is 0.0232. The summed E-state index contributed by atoms with van der Waals surface area (Å²) in [5.41, 5.74) is 2.90. The lowest BCUT2D eigenvalue weighted by atomic mass is 9.89. The van der Waals surface area contributed by atoms with Gasteiger partial charge < -0.3 is 4.90 Å². The molecule has 2 aromatic carbocycles. The molecule has 0 amide bonds. The molecule has 0 bridgehead atoms. The Labute approximate surface area is 158 Å². The molecule has 1 fully saturated rings. The van der Waals surface area contributed by atoms with Crippen molar-refractivity contribution < 1.29 is 12.8 Å². The van der Waals surface area contributed by atoms with Gasteiger partial charge in [0.15, 0.2) is 0 Å². The molecule has 2 aliphatic heterocycles. The molecule has 7 heteroatoms. The molecule has 2 heterocycles. The first kappa shape index (κ1) is 17.8. The van der Waals surface area contributed by atoms with Crippen molar-refractivity contribution in [3.05, 3.63) is 58.4 Å². The number of hydrogen-bond donors (Lipinski definition) is 0. The van der Waals surface area contributed by atoms with Crippen LogP contribution in [0.1, 0.15) is 23.5 Å². The summed E-state index contributed by atoms with van der Waals surface area (Å²) < 4.78 is 41.9. The fraction of sp³-hybridized carbons (Fsp3) is 0.368. The van der Waals surface area contributed by atoms with Crippen LogP contribution in [0.25, 0.3) is 0 Å². The van der Waals surface area contributed by atoms with Gasteiger partial charge in [-0.2, -0.15) is 0 Å². The van der Waals surface area contributed by atoms with E-state index in [1.807, 2.05) is 19.1 Å². The number of likely N-dealkylation sites (tertiary alicyclic amines) is 1. The van der Waals surface area contributed by atoms with Crippen molar-refractivity contribution in [3.63, 3.8) is 0 Å². The van der Waals surface area contributed by atoms with Crippen molar-refractivity contribution in [2.45, 2.75) is 30.2 Å². The molecule has 0 spiro atoms. The van der Waals surface area contributed by atoms with Crippen molar-refractivity contribution in [3.8, 4) is 0 Å². The second-order valence-electron chi connectivity index (χ2n) is 7.16. The summed E-state index contributed by atoms with van der Waals surface area (Å²) in [6.07, 6.45) is 0.753. The molecule has 4 rings (SSSR count). The zero-order valence-corrected chi connectivity index (χ0v) is 16.2. The molecule has 4 nitrogen and oxygen atoms in total. The van der Waals surface area contributed by atoms with E-state index in [9.17, 15) is 12.8 Å². The van der Waals surface area contributed by atoms with Gasteiger partial charge in [0.05, 0.1) is 21.6 Å². The first-order chi connectivity index (χ1) is 12.3. The Balaban J connectivity index is 1.86. The number of hydrogen-bond acceptors (Lipinski definition) is 3. The summed E-state index contributed by atoms with van der Waals surface area (Å²) >= 11 is 5.84. The Morgan fingerprint density at radius 2 is 1.96 bits per heavy atom. The first-order valence-electron chi connectivity index (χ1n) is 8.57. The maximum absolute atomic E-state index is 13.5. The molecule has 26 heavy (non-hydrogen) atoms. The minimum atomic E-state index is -3.83. The van der Waals surface area contributed by atoms with Crippen molar-refractivity contribution in [1.82, 2.24) is 4.90 Å². The van der Waals surface area contributed by atoms with Crippen LogP contribution in [0, 0.1) is 12.7 Å². The Morgan fingerprint density at radius 1 is 1.19 bits per heavy atom. The Kier molecular flexibility index (Phi) is 4.25. The predicted octanol–water partition coefficient (Wildman–Crippen LogP) is 3.78. The van der Waals surface area contributed by atoms with Crippen LogP contribution in [-0.2, 0) is 10.0 Å². The highest BCUT2D eigenvalue weighted by molar-refractivity contribution is 7.92. The number of piperidine rings is 1.